The fourth-order valence-electron chi connectivity index (χ4n) is 2.49. The SMILES string of the molecule is CCCC.COc1c(/C=C/C(=O)C(C)O[P+](=O)O)cc(C(C)(C)C)cc1C(C)(C)C. The fraction of sp³-hybridized carbons (Fsp3) is 0.625. The molecule has 1 aromatic carbocycles. The first kappa shape index (κ1) is 28.5. The molecule has 0 amide bonds. The Hall–Kier alpha value is -1.55. The summed E-state index contributed by atoms with van der Waals surface area (Å²) in [7, 11) is -1.20. The monoisotopic (exact) mass is 439 g/mol. The zero-order valence-corrected chi connectivity index (χ0v) is 21.2. The van der Waals surface area contributed by atoms with E-state index in [0.29, 0.717) is 0 Å². The predicted molar refractivity (Wildman–Crippen MR) is 125 cm³/mol. The molecule has 1 rings (SSSR count). The van der Waals surface area contributed by atoms with Crippen LogP contribution in [-0.2, 0) is 24.7 Å². The molecule has 0 aromatic heterocycles. The van der Waals surface area contributed by atoms with Gasteiger partial charge in [0.25, 0.3) is 0 Å². The molecule has 0 aliphatic carbocycles. The standard InChI is InChI=1S/C20H29O5P.C4H10/c1-13(25-26(22)23)17(21)10-9-14-11-15(19(2,3)4)12-16(18(14)24-8)20(5,6)7;1-3-4-2/h9-13H,1-8H3;3-4H2,1-2H3/p+1/b10-9+;. The van der Waals surface area contributed by atoms with E-state index >= 15 is 0 Å². The van der Waals surface area contributed by atoms with Crippen LogP contribution in [0.5, 0.6) is 5.75 Å². The maximum atomic E-state index is 12.1. The first-order valence-electron chi connectivity index (χ1n) is 10.5. The molecule has 0 aliphatic rings. The first-order chi connectivity index (χ1) is 13.7. The number of carbonyl (C=O) groups is 1. The van der Waals surface area contributed by atoms with Gasteiger partial charge in [0.2, 0.25) is 0 Å². The van der Waals surface area contributed by atoms with Crippen LogP contribution in [0.1, 0.15) is 91.8 Å². The Morgan fingerprint density at radius 2 is 1.63 bits per heavy atom. The number of hydrogen-bond donors (Lipinski definition) is 1. The van der Waals surface area contributed by atoms with Crippen molar-refractivity contribution in [1.82, 2.24) is 0 Å². The zero-order chi connectivity index (χ0) is 23.7. The van der Waals surface area contributed by atoms with Crippen molar-refractivity contribution in [2.24, 2.45) is 0 Å². The third-order valence-electron chi connectivity index (χ3n) is 4.57. The highest BCUT2D eigenvalue weighted by atomic mass is 31.1. The third kappa shape index (κ3) is 9.51. The van der Waals surface area contributed by atoms with E-state index in [2.05, 4.69) is 66.0 Å². The minimum Gasteiger partial charge on any atom is -0.496 e. The minimum absolute atomic E-state index is 0.0649. The number of benzene rings is 1. The van der Waals surface area contributed by atoms with Gasteiger partial charge in [-0.15, -0.1) is 9.42 Å². The van der Waals surface area contributed by atoms with E-state index < -0.39 is 14.4 Å². The van der Waals surface area contributed by atoms with Gasteiger partial charge in [0.05, 0.1) is 7.11 Å². The number of ketones is 1. The molecule has 0 bridgehead atoms. The summed E-state index contributed by atoms with van der Waals surface area (Å²) >= 11 is 0. The molecule has 0 spiro atoms. The van der Waals surface area contributed by atoms with Gasteiger partial charge in [-0.25, -0.2) is 0 Å². The van der Waals surface area contributed by atoms with Gasteiger partial charge in [-0.1, -0.05) is 74.3 Å². The lowest BCUT2D eigenvalue weighted by Gasteiger charge is -2.28. The van der Waals surface area contributed by atoms with Gasteiger partial charge in [0, 0.05) is 15.7 Å². The quantitative estimate of drug-likeness (QED) is 0.376. The Morgan fingerprint density at radius 3 is 2.00 bits per heavy atom. The molecule has 2 atom stereocenters. The van der Waals surface area contributed by atoms with Crippen LogP contribution in [0.4, 0.5) is 0 Å². The second-order valence-electron chi connectivity index (χ2n) is 9.37. The van der Waals surface area contributed by atoms with Crippen LogP contribution in [0.3, 0.4) is 0 Å². The van der Waals surface area contributed by atoms with Gasteiger partial charge in [0.15, 0.2) is 11.9 Å². The van der Waals surface area contributed by atoms with E-state index in [-0.39, 0.29) is 16.6 Å². The smallest absolute Gasteiger partial charge is 0.496 e. The van der Waals surface area contributed by atoms with E-state index in [4.69, 9.17) is 9.63 Å². The third-order valence-corrected chi connectivity index (χ3v) is 5.07. The van der Waals surface area contributed by atoms with Gasteiger partial charge < -0.3 is 4.74 Å². The molecular formula is C24H40O5P+. The molecule has 1 N–H and O–H groups in total. The highest BCUT2D eigenvalue weighted by Crippen LogP contribution is 2.38. The summed E-state index contributed by atoms with van der Waals surface area (Å²) in [5.74, 6) is 0.333. The average Bonchev–Trinajstić information content (AvgIpc) is 2.63. The Labute approximate surface area is 183 Å². The van der Waals surface area contributed by atoms with E-state index in [1.54, 1.807) is 13.2 Å². The molecular weight excluding hydrogens is 399 g/mol. The van der Waals surface area contributed by atoms with Gasteiger partial charge in [-0.05, 0) is 41.5 Å². The Bertz CT molecular complexity index is 737. The van der Waals surface area contributed by atoms with Crippen LogP contribution in [0.15, 0.2) is 18.2 Å². The highest BCUT2D eigenvalue weighted by Gasteiger charge is 2.26. The lowest BCUT2D eigenvalue weighted by molar-refractivity contribution is -0.120. The van der Waals surface area contributed by atoms with Crippen molar-refractivity contribution in [3.8, 4) is 5.75 Å². The summed E-state index contributed by atoms with van der Waals surface area (Å²) < 4.78 is 21.0. The molecule has 0 radical (unpaired) electrons. The molecule has 170 valence electrons. The number of carbonyl (C=O) groups excluding carboxylic acids is 1. The number of hydrogen-bond acceptors (Lipinski definition) is 4. The molecule has 2 unspecified atom stereocenters. The highest BCUT2D eigenvalue weighted by molar-refractivity contribution is 7.32. The predicted octanol–water partition coefficient (Wildman–Crippen LogP) is 6.73. The topological polar surface area (TPSA) is 72.8 Å². The van der Waals surface area contributed by atoms with Crippen LogP contribution >= 0.6 is 8.25 Å². The van der Waals surface area contributed by atoms with Crippen molar-refractivity contribution in [3.05, 3.63) is 34.9 Å². The number of unbranched alkanes of at least 4 members (excludes halogenated alkanes) is 1. The molecule has 0 saturated carbocycles. The molecule has 0 saturated heterocycles. The fourth-order valence-corrected chi connectivity index (χ4v) is 2.86. The van der Waals surface area contributed by atoms with Crippen molar-refractivity contribution in [3.63, 3.8) is 0 Å². The van der Waals surface area contributed by atoms with Gasteiger partial charge in [-0.3, -0.25) is 4.79 Å². The van der Waals surface area contributed by atoms with E-state index in [1.165, 1.54) is 25.8 Å². The van der Waals surface area contributed by atoms with E-state index in [9.17, 15) is 9.36 Å². The maximum absolute atomic E-state index is 12.1. The van der Waals surface area contributed by atoms with Crippen molar-refractivity contribution in [2.45, 2.75) is 92.1 Å². The van der Waals surface area contributed by atoms with Gasteiger partial charge >= 0.3 is 8.25 Å². The van der Waals surface area contributed by atoms with Crippen LogP contribution in [0.2, 0.25) is 0 Å². The Kier molecular flexibility index (Phi) is 11.7. The lowest BCUT2D eigenvalue weighted by Crippen LogP contribution is -2.18. The number of ether oxygens (including phenoxy) is 1. The summed E-state index contributed by atoms with van der Waals surface area (Å²) in [5, 5.41) is 0. The summed E-state index contributed by atoms with van der Waals surface area (Å²) in [5.41, 5.74) is 2.79. The molecule has 0 aliphatic heterocycles. The zero-order valence-electron chi connectivity index (χ0n) is 20.3. The number of rotatable bonds is 7. The van der Waals surface area contributed by atoms with E-state index in [0.717, 1.165) is 22.4 Å². The van der Waals surface area contributed by atoms with Gasteiger partial charge in [0.1, 0.15) is 5.75 Å². The molecule has 0 heterocycles. The van der Waals surface area contributed by atoms with E-state index in [1.807, 2.05) is 6.07 Å². The Morgan fingerprint density at radius 1 is 1.10 bits per heavy atom. The van der Waals surface area contributed by atoms with Gasteiger partial charge in [-0.2, -0.15) is 0 Å². The van der Waals surface area contributed by atoms with Crippen LogP contribution in [0.25, 0.3) is 6.08 Å². The van der Waals surface area contributed by atoms with Crippen LogP contribution < -0.4 is 4.74 Å². The van der Waals surface area contributed by atoms with Crippen molar-refractivity contribution in [1.29, 1.82) is 0 Å². The van der Waals surface area contributed by atoms with Crippen molar-refractivity contribution in [2.75, 3.05) is 7.11 Å². The average molecular weight is 440 g/mol. The minimum atomic E-state index is -2.82. The maximum Gasteiger partial charge on any atom is 0.695 e. The molecule has 30 heavy (non-hydrogen) atoms. The van der Waals surface area contributed by atoms with Crippen molar-refractivity contribution >= 4 is 20.1 Å². The molecule has 6 heteroatoms. The second kappa shape index (κ2) is 12.3. The number of methoxy groups -OCH3 is 1. The first-order valence-corrected chi connectivity index (χ1v) is 11.6. The lowest BCUT2D eigenvalue weighted by atomic mass is 9.79. The normalized spacial score (nSPS) is 13.5. The molecule has 1 aromatic rings. The largest absolute Gasteiger partial charge is 0.695 e. The Balaban J connectivity index is 0.00000192. The van der Waals surface area contributed by atoms with Crippen LogP contribution in [0, 0.1) is 0 Å². The van der Waals surface area contributed by atoms with Crippen LogP contribution in [-0.4, -0.2) is 23.9 Å². The summed E-state index contributed by atoms with van der Waals surface area (Å²) in [6, 6.07) is 4.16. The molecule has 5 nitrogen and oxygen atoms in total. The summed E-state index contributed by atoms with van der Waals surface area (Å²) in [4.78, 5) is 20.9. The van der Waals surface area contributed by atoms with Crippen molar-refractivity contribution < 1.29 is 23.5 Å². The summed E-state index contributed by atoms with van der Waals surface area (Å²) in [6.07, 6.45) is 4.69. The summed E-state index contributed by atoms with van der Waals surface area (Å²) in [6.45, 7) is 18.5. The second-order valence-corrected chi connectivity index (χ2v) is 10.1. The molecule has 0 fully saturated rings.